The number of benzene rings is 2. The molecule has 0 aliphatic carbocycles. The molecule has 0 amide bonds. The molecule has 0 saturated heterocycles. The van der Waals surface area contributed by atoms with E-state index in [4.69, 9.17) is 9.47 Å². The van der Waals surface area contributed by atoms with Crippen LogP contribution in [0.15, 0.2) is 47.5 Å². The lowest BCUT2D eigenvalue weighted by atomic mass is 9.93. The number of aliphatic imine (C=N–C) groups is 1. The molecule has 2 aromatic carbocycles. The fourth-order valence-corrected chi connectivity index (χ4v) is 2.55. The molecule has 0 spiro atoms. The summed E-state index contributed by atoms with van der Waals surface area (Å²) in [5, 5.41) is 0. The first-order chi connectivity index (χ1) is 10.3. The van der Waals surface area contributed by atoms with Gasteiger partial charge in [0.2, 0.25) is 0 Å². The van der Waals surface area contributed by atoms with Crippen LogP contribution < -0.4 is 9.47 Å². The van der Waals surface area contributed by atoms with Crippen LogP contribution in [0, 0.1) is 0 Å². The molecule has 0 saturated carbocycles. The summed E-state index contributed by atoms with van der Waals surface area (Å²) in [6.07, 6.45) is 1.92. The second-order valence-corrected chi connectivity index (χ2v) is 5.30. The Morgan fingerprint density at radius 1 is 1.14 bits per heavy atom. The van der Waals surface area contributed by atoms with Crippen LogP contribution in [0.3, 0.4) is 0 Å². The minimum absolute atomic E-state index is 0.412. The van der Waals surface area contributed by atoms with Gasteiger partial charge < -0.3 is 9.47 Å². The summed E-state index contributed by atoms with van der Waals surface area (Å²) in [5.41, 5.74) is 3.54. The van der Waals surface area contributed by atoms with Crippen molar-refractivity contribution < 1.29 is 9.47 Å². The number of fused-ring (bicyclic) bond motifs is 1. The van der Waals surface area contributed by atoms with E-state index in [1.54, 1.807) is 7.11 Å². The smallest absolute Gasteiger partial charge is 0.161 e. The van der Waals surface area contributed by atoms with Crippen molar-refractivity contribution in [3.63, 3.8) is 0 Å². The van der Waals surface area contributed by atoms with Gasteiger partial charge in [0.25, 0.3) is 0 Å². The number of hydrogen-bond donors (Lipinski definition) is 0. The highest BCUT2D eigenvalue weighted by Crippen LogP contribution is 2.35. The van der Waals surface area contributed by atoms with E-state index in [0.717, 1.165) is 29.2 Å². The molecule has 1 heterocycles. The van der Waals surface area contributed by atoms with E-state index in [1.807, 2.05) is 30.5 Å². The normalized spacial score (nSPS) is 16.4. The summed E-state index contributed by atoms with van der Waals surface area (Å²) >= 11 is 0. The summed E-state index contributed by atoms with van der Waals surface area (Å²) in [4.78, 5) is 4.38. The molecule has 1 aliphatic heterocycles. The van der Waals surface area contributed by atoms with Crippen molar-refractivity contribution in [1.82, 2.24) is 0 Å². The second-order valence-electron chi connectivity index (χ2n) is 5.30. The first-order valence-electron chi connectivity index (χ1n) is 7.16. The number of nitrogens with zero attached hydrogens (tertiary/aromatic N) is 1. The first kappa shape index (κ1) is 13.7. The maximum atomic E-state index is 5.96. The van der Waals surface area contributed by atoms with Crippen molar-refractivity contribution in [2.75, 3.05) is 13.7 Å². The third-order valence-corrected chi connectivity index (χ3v) is 3.75. The fourth-order valence-electron chi connectivity index (χ4n) is 2.55. The number of rotatable bonds is 4. The van der Waals surface area contributed by atoms with Crippen molar-refractivity contribution in [3.05, 3.63) is 59.2 Å². The molecular formula is C18H19NO2. The Balaban J connectivity index is 1.87. The van der Waals surface area contributed by atoms with E-state index in [2.05, 4.69) is 30.1 Å². The Hall–Kier alpha value is -2.29. The third kappa shape index (κ3) is 2.92. The van der Waals surface area contributed by atoms with E-state index < -0.39 is 0 Å². The lowest BCUT2D eigenvalue weighted by Gasteiger charge is -2.20. The van der Waals surface area contributed by atoms with Gasteiger partial charge in [0.05, 0.1) is 7.11 Å². The molecule has 0 radical (unpaired) electrons. The van der Waals surface area contributed by atoms with E-state index in [-0.39, 0.29) is 0 Å². The molecule has 0 fully saturated rings. The highest BCUT2D eigenvalue weighted by molar-refractivity contribution is 5.84. The van der Waals surface area contributed by atoms with E-state index in [0.29, 0.717) is 12.5 Å². The van der Waals surface area contributed by atoms with Crippen LogP contribution in [0.25, 0.3) is 0 Å². The number of hydrogen-bond acceptors (Lipinski definition) is 3. The Labute approximate surface area is 125 Å². The maximum Gasteiger partial charge on any atom is 0.161 e. The minimum Gasteiger partial charge on any atom is -0.493 e. The van der Waals surface area contributed by atoms with Crippen LogP contribution in [0.4, 0.5) is 0 Å². The molecule has 1 atom stereocenters. The molecule has 1 aliphatic rings. The molecule has 3 nitrogen and oxygen atoms in total. The lowest BCUT2D eigenvalue weighted by molar-refractivity contribution is 0.284. The SMILES string of the molecule is COc1cc2c(cc1OCc1ccccc1)[C@H](C)CN=C2. The molecule has 108 valence electrons. The van der Waals surface area contributed by atoms with Gasteiger partial charge >= 0.3 is 0 Å². The van der Waals surface area contributed by atoms with Crippen LogP contribution >= 0.6 is 0 Å². The van der Waals surface area contributed by atoms with E-state index >= 15 is 0 Å². The Bertz CT molecular complexity index is 650. The molecule has 0 bridgehead atoms. The molecule has 3 heteroatoms. The van der Waals surface area contributed by atoms with Gasteiger partial charge in [-0.15, -0.1) is 0 Å². The number of ether oxygens (including phenoxy) is 2. The van der Waals surface area contributed by atoms with Crippen LogP contribution in [0.1, 0.15) is 29.5 Å². The predicted molar refractivity (Wildman–Crippen MR) is 84.6 cm³/mol. The molecular weight excluding hydrogens is 262 g/mol. The third-order valence-electron chi connectivity index (χ3n) is 3.75. The Morgan fingerprint density at radius 3 is 2.71 bits per heavy atom. The zero-order valence-corrected chi connectivity index (χ0v) is 12.4. The van der Waals surface area contributed by atoms with Crippen molar-refractivity contribution >= 4 is 6.21 Å². The van der Waals surface area contributed by atoms with E-state index in [1.165, 1.54) is 5.56 Å². The van der Waals surface area contributed by atoms with Gasteiger partial charge in [-0.25, -0.2) is 0 Å². The average Bonchev–Trinajstić information content (AvgIpc) is 2.53. The topological polar surface area (TPSA) is 30.8 Å². The van der Waals surface area contributed by atoms with Gasteiger partial charge in [-0.05, 0) is 28.8 Å². The first-order valence-corrected chi connectivity index (χ1v) is 7.16. The predicted octanol–water partition coefficient (Wildman–Crippen LogP) is 3.81. The average molecular weight is 281 g/mol. The highest BCUT2D eigenvalue weighted by Gasteiger charge is 2.17. The summed E-state index contributed by atoms with van der Waals surface area (Å²) in [6, 6.07) is 14.2. The molecule has 0 unspecified atom stereocenters. The lowest BCUT2D eigenvalue weighted by Crippen LogP contribution is -2.09. The van der Waals surface area contributed by atoms with Crippen molar-refractivity contribution in [1.29, 1.82) is 0 Å². The quantitative estimate of drug-likeness (QED) is 0.853. The van der Waals surface area contributed by atoms with Crippen LogP contribution in [-0.4, -0.2) is 19.9 Å². The molecule has 21 heavy (non-hydrogen) atoms. The van der Waals surface area contributed by atoms with Crippen molar-refractivity contribution in [2.24, 2.45) is 4.99 Å². The largest absolute Gasteiger partial charge is 0.493 e. The monoisotopic (exact) mass is 281 g/mol. The minimum atomic E-state index is 0.412. The Kier molecular flexibility index (Phi) is 3.91. The standard InChI is InChI=1S/C18H19NO2/c1-13-10-19-11-15-8-17(20-2)18(9-16(13)15)21-12-14-6-4-3-5-7-14/h3-9,11,13H,10,12H2,1-2H3/t13-/m1/s1. The van der Waals surface area contributed by atoms with Gasteiger partial charge in [-0.1, -0.05) is 37.3 Å². The summed E-state index contributed by atoms with van der Waals surface area (Å²) < 4.78 is 11.4. The molecule has 0 aromatic heterocycles. The molecule has 2 aromatic rings. The van der Waals surface area contributed by atoms with E-state index in [9.17, 15) is 0 Å². The van der Waals surface area contributed by atoms with Gasteiger partial charge in [0.15, 0.2) is 11.5 Å². The zero-order chi connectivity index (χ0) is 14.7. The maximum absolute atomic E-state index is 5.96. The van der Waals surface area contributed by atoms with Crippen LogP contribution in [0.2, 0.25) is 0 Å². The Morgan fingerprint density at radius 2 is 1.95 bits per heavy atom. The fraction of sp³-hybridized carbons (Fsp3) is 0.278. The van der Waals surface area contributed by atoms with Gasteiger partial charge in [0.1, 0.15) is 6.61 Å². The second kappa shape index (κ2) is 6.00. The van der Waals surface area contributed by atoms with Crippen molar-refractivity contribution in [3.8, 4) is 11.5 Å². The van der Waals surface area contributed by atoms with Gasteiger partial charge in [-0.3, -0.25) is 4.99 Å². The van der Waals surface area contributed by atoms with Crippen molar-refractivity contribution in [2.45, 2.75) is 19.4 Å². The molecule has 0 N–H and O–H groups in total. The highest BCUT2D eigenvalue weighted by atomic mass is 16.5. The van der Waals surface area contributed by atoms with Gasteiger partial charge in [-0.2, -0.15) is 0 Å². The number of methoxy groups -OCH3 is 1. The molecule has 3 rings (SSSR count). The van der Waals surface area contributed by atoms with Gasteiger partial charge in [0, 0.05) is 18.7 Å². The zero-order valence-electron chi connectivity index (χ0n) is 12.4. The van der Waals surface area contributed by atoms with Crippen LogP contribution in [-0.2, 0) is 6.61 Å². The van der Waals surface area contributed by atoms with Crippen LogP contribution in [0.5, 0.6) is 11.5 Å². The summed E-state index contributed by atoms with van der Waals surface area (Å²) in [7, 11) is 1.67. The summed E-state index contributed by atoms with van der Waals surface area (Å²) in [5.74, 6) is 1.96. The summed E-state index contributed by atoms with van der Waals surface area (Å²) in [6.45, 7) is 3.55.